The molecule has 0 saturated heterocycles. The predicted octanol–water partition coefficient (Wildman–Crippen LogP) is 3.23. The highest BCUT2D eigenvalue weighted by Gasteiger charge is 2.24. The van der Waals surface area contributed by atoms with Crippen molar-refractivity contribution >= 4 is 44.7 Å². The molecule has 0 aliphatic heterocycles. The molecule has 13 nitrogen and oxygen atoms in total. The van der Waals surface area contributed by atoms with Gasteiger partial charge in [0.15, 0.2) is 18.1 Å². The van der Waals surface area contributed by atoms with E-state index in [0.717, 1.165) is 12.1 Å². The number of anilines is 1. The first kappa shape index (κ1) is 29.2. The quantitative estimate of drug-likeness (QED) is 0.180. The van der Waals surface area contributed by atoms with Gasteiger partial charge in [-0.25, -0.2) is 9.13 Å². The molecule has 0 radical (unpaired) electrons. The van der Waals surface area contributed by atoms with Crippen LogP contribution in [-0.2, 0) is 20.5 Å². The second-order valence-electron chi connectivity index (χ2n) is 7.50. The molecule has 3 aromatic carbocycles. The normalized spacial score (nSPS) is 11.4. The van der Waals surface area contributed by atoms with E-state index in [2.05, 4.69) is 19.7 Å². The van der Waals surface area contributed by atoms with Crippen LogP contribution < -0.4 is 24.4 Å². The zero-order valence-electron chi connectivity index (χ0n) is 19.2. The van der Waals surface area contributed by atoms with Crippen molar-refractivity contribution < 1.29 is 52.1 Å². The number of halogens is 1. The van der Waals surface area contributed by atoms with Crippen molar-refractivity contribution in [3.05, 3.63) is 82.9 Å². The number of ether oxygens (including phenoxy) is 1. The van der Waals surface area contributed by atoms with Gasteiger partial charge in [-0.1, -0.05) is 23.7 Å². The second-order valence-corrected chi connectivity index (χ2v) is 10.3. The van der Waals surface area contributed by atoms with Crippen molar-refractivity contribution in [1.82, 2.24) is 5.32 Å². The van der Waals surface area contributed by atoms with Crippen LogP contribution in [0.5, 0.6) is 17.2 Å². The van der Waals surface area contributed by atoms with E-state index in [1.807, 2.05) is 0 Å². The van der Waals surface area contributed by atoms with Gasteiger partial charge in [-0.05, 0) is 60.2 Å². The molecule has 2 amide bonds. The van der Waals surface area contributed by atoms with Crippen molar-refractivity contribution in [2.24, 2.45) is 0 Å². The Balaban J connectivity index is 1.53. The molecule has 0 atom stereocenters. The molecule has 0 unspecified atom stereocenters. The number of rotatable bonds is 11. The van der Waals surface area contributed by atoms with Crippen molar-refractivity contribution in [2.75, 3.05) is 11.9 Å². The molecule has 0 aliphatic carbocycles. The number of carbonyl (C=O) groups excluding carboxylic acids is 2. The van der Waals surface area contributed by atoms with Gasteiger partial charge in [-0.15, -0.1) is 0 Å². The molecule has 0 saturated carbocycles. The van der Waals surface area contributed by atoms with E-state index in [4.69, 9.17) is 35.9 Å². The third kappa shape index (κ3) is 9.81. The fourth-order valence-corrected chi connectivity index (χ4v) is 3.93. The zero-order chi connectivity index (χ0) is 27.9. The summed E-state index contributed by atoms with van der Waals surface area (Å²) in [6, 6.07) is 16.1. The molecule has 6 N–H and O–H groups in total. The summed E-state index contributed by atoms with van der Waals surface area (Å²) >= 11 is 5.90. The van der Waals surface area contributed by atoms with Crippen LogP contribution in [0, 0.1) is 0 Å². The van der Waals surface area contributed by atoms with Crippen LogP contribution >= 0.6 is 27.2 Å². The maximum atomic E-state index is 12.4. The van der Waals surface area contributed by atoms with Gasteiger partial charge in [-0.2, -0.15) is 0 Å². The van der Waals surface area contributed by atoms with E-state index in [1.54, 1.807) is 24.3 Å². The van der Waals surface area contributed by atoms with Gasteiger partial charge in [0.25, 0.3) is 11.8 Å². The summed E-state index contributed by atoms with van der Waals surface area (Å²) < 4.78 is 36.4. The zero-order valence-corrected chi connectivity index (χ0v) is 21.7. The molecule has 0 spiro atoms. The third-order valence-corrected chi connectivity index (χ3v) is 5.61. The van der Waals surface area contributed by atoms with E-state index >= 15 is 0 Å². The highest BCUT2D eigenvalue weighted by atomic mass is 35.5. The summed E-state index contributed by atoms with van der Waals surface area (Å²) in [5.74, 6) is -1.85. The third-order valence-electron chi connectivity index (χ3n) is 4.50. The van der Waals surface area contributed by atoms with Gasteiger partial charge in [-0.3, -0.25) is 29.2 Å². The van der Waals surface area contributed by atoms with Crippen LogP contribution in [0.1, 0.15) is 15.9 Å². The standard InChI is InChI=1S/C22H21ClN2O11P2/c23-16-2-1-3-17(11-16)25-22(27)15-5-7-18(8-6-15)34-13-21(26)24-12-14-4-9-19(35-37(28,29)30)20(10-14)36-38(31,32)33/h1-11H,12-13H2,(H,24,26)(H,25,27)(H2,28,29,30)(H2,31,32,33). The van der Waals surface area contributed by atoms with E-state index in [9.17, 15) is 18.7 Å². The van der Waals surface area contributed by atoms with Crippen LogP contribution in [-0.4, -0.2) is 38.0 Å². The fourth-order valence-electron chi connectivity index (χ4n) is 2.94. The number of carbonyl (C=O) groups is 2. The highest BCUT2D eigenvalue weighted by molar-refractivity contribution is 7.47. The van der Waals surface area contributed by atoms with Crippen molar-refractivity contribution in [2.45, 2.75) is 6.54 Å². The Kier molecular flexibility index (Phi) is 9.53. The smallest absolute Gasteiger partial charge is 0.484 e. The lowest BCUT2D eigenvalue weighted by atomic mass is 10.2. The fraction of sp³-hybridized carbons (Fsp3) is 0.0909. The highest BCUT2D eigenvalue weighted by Crippen LogP contribution is 2.47. The van der Waals surface area contributed by atoms with Gasteiger partial charge >= 0.3 is 15.6 Å². The molecule has 3 rings (SSSR count). The number of amides is 2. The molecule has 0 aliphatic rings. The first-order valence-corrected chi connectivity index (χ1v) is 13.9. The van der Waals surface area contributed by atoms with Crippen LogP contribution in [0.2, 0.25) is 5.02 Å². The summed E-state index contributed by atoms with van der Waals surface area (Å²) in [5.41, 5.74) is 1.15. The number of hydrogen-bond acceptors (Lipinski definition) is 7. The maximum Gasteiger partial charge on any atom is 0.524 e. The van der Waals surface area contributed by atoms with Gasteiger partial charge in [0.1, 0.15) is 5.75 Å². The molecule has 0 fully saturated rings. The second kappa shape index (κ2) is 12.4. The van der Waals surface area contributed by atoms with E-state index in [0.29, 0.717) is 22.0 Å². The van der Waals surface area contributed by atoms with Crippen molar-refractivity contribution in [3.63, 3.8) is 0 Å². The Bertz CT molecular complexity index is 1410. The minimum absolute atomic E-state index is 0.140. The average Bonchev–Trinajstić information content (AvgIpc) is 2.81. The molecule has 0 bridgehead atoms. The molecular weight excluding hydrogens is 566 g/mol. The first-order valence-electron chi connectivity index (χ1n) is 10.5. The first-order chi connectivity index (χ1) is 17.8. The lowest BCUT2D eigenvalue weighted by Crippen LogP contribution is -2.28. The van der Waals surface area contributed by atoms with Crippen LogP contribution in [0.3, 0.4) is 0 Å². The lowest BCUT2D eigenvalue weighted by Gasteiger charge is -2.15. The minimum Gasteiger partial charge on any atom is -0.484 e. The average molecular weight is 587 g/mol. The molecule has 0 heterocycles. The number of nitrogens with one attached hydrogen (secondary N) is 2. The van der Waals surface area contributed by atoms with Crippen LogP contribution in [0.25, 0.3) is 0 Å². The summed E-state index contributed by atoms with van der Waals surface area (Å²) in [5, 5.41) is 5.69. The minimum atomic E-state index is -5.08. The molecule has 16 heteroatoms. The topological polar surface area (TPSA) is 201 Å². The summed E-state index contributed by atoms with van der Waals surface area (Å²) in [4.78, 5) is 60.5. The van der Waals surface area contributed by atoms with Gasteiger partial charge in [0, 0.05) is 22.8 Å². The number of phosphoric acid groups is 2. The monoisotopic (exact) mass is 586 g/mol. The number of phosphoric ester groups is 2. The molecule has 3 aromatic rings. The molecule has 0 aromatic heterocycles. The summed E-state index contributed by atoms with van der Waals surface area (Å²) in [7, 11) is -10.1. The Morgan fingerprint density at radius 3 is 2.13 bits per heavy atom. The van der Waals surface area contributed by atoms with Gasteiger partial charge < -0.3 is 24.4 Å². The van der Waals surface area contributed by atoms with E-state index < -0.39 is 33.1 Å². The van der Waals surface area contributed by atoms with E-state index in [1.165, 1.54) is 30.3 Å². The maximum absolute atomic E-state index is 12.4. The van der Waals surface area contributed by atoms with Crippen molar-refractivity contribution in [3.8, 4) is 17.2 Å². The van der Waals surface area contributed by atoms with Crippen molar-refractivity contribution in [1.29, 1.82) is 0 Å². The SMILES string of the molecule is O=C(COc1ccc(C(=O)Nc2cccc(Cl)c2)cc1)NCc1ccc(OP(=O)(O)O)c(OP(=O)(O)O)c1. The Morgan fingerprint density at radius 2 is 1.50 bits per heavy atom. The van der Waals surface area contributed by atoms with E-state index in [-0.39, 0.29) is 24.6 Å². The van der Waals surface area contributed by atoms with Crippen LogP contribution in [0.4, 0.5) is 5.69 Å². The molecular formula is C22H21ClN2O11P2. The van der Waals surface area contributed by atoms with Gasteiger partial charge in [0.2, 0.25) is 0 Å². The van der Waals surface area contributed by atoms with Gasteiger partial charge in [0.05, 0.1) is 0 Å². The predicted molar refractivity (Wildman–Crippen MR) is 135 cm³/mol. The molecule has 202 valence electrons. The Labute approximate surface area is 220 Å². The Morgan fingerprint density at radius 1 is 0.842 bits per heavy atom. The number of benzene rings is 3. The molecule has 38 heavy (non-hydrogen) atoms. The Hall–Kier alpha value is -3.41. The summed E-state index contributed by atoms with van der Waals surface area (Å²) in [6.07, 6.45) is 0. The summed E-state index contributed by atoms with van der Waals surface area (Å²) in [6.45, 7) is -0.530. The number of hydrogen-bond donors (Lipinski definition) is 6. The largest absolute Gasteiger partial charge is 0.524 e. The lowest BCUT2D eigenvalue weighted by molar-refractivity contribution is -0.123. The van der Waals surface area contributed by atoms with Crippen LogP contribution in [0.15, 0.2) is 66.7 Å².